The smallest absolute Gasteiger partial charge is 0.310 e. The summed E-state index contributed by atoms with van der Waals surface area (Å²) < 4.78 is 9.74. The Bertz CT molecular complexity index is 411. The van der Waals surface area contributed by atoms with Crippen molar-refractivity contribution in [3.63, 3.8) is 0 Å². The van der Waals surface area contributed by atoms with Crippen LogP contribution in [0.25, 0.3) is 0 Å². The molecule has 1 fully saturated rings. The summed E-state index contributed by atoms with van der Waals surface area (Å²) in [6.45, 7) is 0. The van der Waals surface area contributed by atoms with Crippen molar-refractivity contribution in [1.82, 2.24) is 0 Å². The Balaban J connectivity index is 2.00. The Hall–Kier alpha value is -1.58. The fourth-order valence-electron chi connectivity index (χ4n) is 3.73. The predicted molar refractivity (Wildman–Crippen MR) is 63.3 cm³/mol. The number of hydrogen-bond donors (Lipinski definition) is 0. The molecule has 4 aliphatic carbocycles. The van der Waals surface area contributed by atoms with Crippen LogP contribution in [0, 0.1) is 35.5 Å². The van der Waals surface area contributed by atoms with E-state index in [4.69, 9.17) is 9.47 Å². The van der Waals surface area contributed by atoms with Gasteiger partial charge in [0.05, 0.1) is 26.1 Å². The molecule has 4 nitrogen and oxygen atoms in total. The van der Waals surface area contributed by atoms with Crippen molar-refractivity contribution in [3.8, 4) is 0 Å². The van der Waals surface area contributed by atoms with E-state index in [1.54, 1.807) is 0 Å². The van der Waals surface area contributed by atoms with E-state index in [2.05, 4.69) is 24.3 Å². The van der Waals surface area contributed by atoms with Crippen LogP contribution in [0.5, 0.6) is 0 Å². The highest BCUT2D eigenvalue weighted by molar-refractivity contribution is 5.84. The SMILES string of the molecule is COC(=O)[C@H]1[C@@H]2C=C[C@@H]([C@@H]3C=C[C@@H]32)[C@@H]1C(=O)OC. The molecule has 6 atom stereocenters. The Labute approximate surface area is 106 Å². The largest absolute Gasteiger partial charge is 0.469 e. The van der Waals surface area contributed by atoms with Gasteiger partial charge in [0.1, 0.15) is 0 Å². The van der Waals surface area contributed by atoms with Gasteiger partial charge in [0, 0.05) is 0 Å². The van der Waals surface area contributed by atoms with Gasteiger partial charge in [-0.25, -0.2) is 0 Å². The molecule has 4 aliphatic rings. The van der Waals surface area contributed by atoms with Crippen LogP contribution in [0.4, 0.5) is 0 Å². The van der Waals surface area contributed by atoms with E-state index in [0.717, 1.165) is 0 Å². The first-order chi connectivity index (χ1) is 8.69. The number of hydrogen-bond acceptors (Lipinski definition) is 4. The number of allylic oxidation sites excluding steroid dienone is 4. The van der Waals surface area contributed by atoms with E-state index >= 15 is 0 Å². The van der Waals surface area contributed by atoms with Crippen LogP contribution in [0.15, 0.2) is 24.3 Å². The summed E-state index contributed by atoms with van der Waals surface area (Å²) in [6, 6.07) is 0. The molecule has 0 aromatic rings. The molecule has 0 heterocycles. The Morgan fingerprint density at radius 1 is 0.722 bits per heavy atom. The molecule has 0 aromatic carbocycles. The van der Waals surface area contributed by atoms with Gasteiger partial charge < -0.3 is 9.47 Å². The third kappa shape index (κ3) is 1.32. The molecule has 18 heavy (non-hydrogen) atoms. The molecule has 0 saturated heterocycles. The molecule has 0 unspecified atom stereocenters. The van der Waals surface area contributed by atoms with Crippen molar-refractivity contribution in [1.29, 1.82) is 0 Å². The highest BCUT2D eigenvalue weighted by Gasteiger charge is 2.58. The Morgan fingerprint density at radius 2 is 1.06 bits per heavy atom. The van der Waals surface area contributed by atoms with E-state index in [0.29, 0.717) is 11.8 Å². The van der Waals surface area contributed by atoms with Gasteiger partial charge >= 0.3 is 11.9 Å². The molecule has 96 valence electrons. The van der Waals surface area contributed by atoms with Gasteiger partial charge in [-0.15, -0.1) is 0 Å². The second-order valence-corrected chi connectivity index (χ2v) is 5.18. The maximum Gasteiger partial charge on any atom is 0.310 e. The zero-order chi connectivity index (χ0) is 12.9. The number of rotatable bonds is 2. The van der Waals surface area contributed by atoms with Crippen molar-refractivity contribution >= 4 is 11.9 Å². The van der Waals surface area contributed by atoms with E-state index in [1.165, 1.54) is 14.2 Å². The molecule has 0 spiro atoms. The summed E-state index contributed by atoms with van der Waals surface area (Å²) in [5.74, 6) is -0.502. The van der Waals surface area contributed by atoms with Crippen LogP contribution >= 0.6 is 0 Å². The van der Waals surface area contributed by atoms with E-state index in [1.807, 2.05) is 0 Å². The molecule has 4 heteroatoms. The molecule has 0 aromatic heterocycles. The summed E-state index contributed by atoms with van der Waals surface area (Å²) in [5.41, 5.74) is 0. The second-order valence-electron chi connectivity index (χ2n) is 5.18. The van der Waals surface area contributed by atoms with Crippen molar-refractivity contribution < 1.29 is 19.1 Å². The lowest BCUT2D eigenvalue weighted by atomic mass is 9.50. The molecule has 0 N–H and O–H groups in total. The molecule has 2 bridgehead atoms. The number of esters is 2. The van der Waals surface area contributed by atoms with Crippen molar-refractivity contribution in [2.24, 2.45) is 35.5 Å². The van der Waals surface area contributed by atoms with E-state index in [9.17, 15) is 9.59 Å². The topological polar surface area (TPSA) is 52.6 Å². The Kier molecular flexibility index (Phi) is 2.54. The first-order valence-electron chi connectivity index (χ1n) is 6.21. The minimum atomic E-state index is -0.399. The normalized spacial score (nSPS) is 43.0. The molecule has 1 saturated carbocycles. The maximum atomic E-state index is 12.0. The lowest BCUT2D eigenvalue weighted by Gasteiger charge is -2.53. The van der Waals surface area contributed by atoms with E-state index < -0.39 is 11.8 Å². The predicted octanol–water partition coefficient (Wildman–Crippen LogP) is 1.18. The molecule has 0 radical (unpaired) electrons. The fraction of sp³-hybridized carbons (Fsp3) is 0.571. The quantitative estimate of drug-likeness (QED) is 0.544. The monoisotopic (exact) mass is 248 g/mol. The third-order valence-electron chi connectivity index (χ3n) is 4.61. The van der Waals surface area contributed by atoms with E-state index in [-0.39, 0.29) is 23.8 Å². The van der Waals surface area contributed by atoms with Gasteiger partial charge in [-0.2, -0.15) is 0 Å². The summed E-state index contributed by atoms with van der Waals surface area (Å²) >= 11 is 0. The third-order valence-corrected chi connectivity index (χ3v) is 4.61. The van der Waals surface area contributed by atoms with Crippen LogP contribution < -0.4 is 0 Å². The number of carbonyl (C=O) groups excluding carboxylic acids is 2. The van der Waals surface area contributed by atoms with Crippen LogP contribution in [0.1, 0.15) is 0 Å². The zero-order valence-electron chi connectivity index (χ0n) is 10.4. The summed E-state index contributed by atoms with van der Waals surface area (Å²) in [6.07, 6.45) is 8.40. The molecule has 0 amide bonds. The molecule has 4 rings (SSSR count). The number of ether oxygens (including phenoxy) is 2. The van der Waals surface area contributed by atoms with Gasteiger partial charge in [0.2, 0.25) is 0 Å². The van der Waals surface area contributed by atoms with Crippen LogP contribution in [-0.2, 0) is 19.1 Å². The van der Waals surface area contributed by atoms with Crippen LogP contribution in [-0.4, -0.2) is 26.2 Å². The molecular formula is C14H16O4. The van der Waals surface area contributed by atoms with Crippen LogP contribution in [0.2, 0.25) is 0 Å². The first-order valence-corrected chi connectivity index (χ1v) is 6.21. The van der Waals surface area contributed by atoms with Crippen LogP contribution in [0.3, 0.4) is 0 Å². The van der Waals surface area contributed by atoms with Gasteiger partial charge in [0.25, 0.3) is 0 Å². The minimum Gasteiger partial charge on any atom is -0.469 e. The molecule has 0 aliphatic heterocycles. The van der Waals surface area contributed by atoms with Gasteiger partial charge in [-0.3, -0.25) is 9.59 Å². The minimum absolute atomic E-state index is 0.0709. The maximum absolute atomic E-state index is 12.0. The van der Waals surface area contributed by atoms with Gasteiger partial charge in [0.15, 0.2) is 0 Å². The second kappa shape index (κ2) is 3.97. The lowest BCUT2D eigenvalue weighted by molar-refractivity contribution is -0.167. The number of methoxy groups -OCH3 is 2. The van der Waals surface area contributed by atoms with Gasteiger partial charge in [-0.1, -0.05) is 24.3 Å². The average Bonchev–Trinajstić information content (AvgIpc) is 2.35. The van der Waals surface area contributed by atoms with Crippen molar-refractivity contribution in [2.45, 2.75) is 0 Å². The summed E-state index contributed by atoms with van der Waals surface area (Å²) in [4.78, 5) is 24.0. The lowest BCUT2D eigenvalue weighted by Crippen LogP contribution is -2.55. The Morgan fingerprint density at radius 3 is 1.33 bits per heavy atom. The first kappa shape index (κ1) is 11.5. The fourth-order valence-corrected chi connectivity index (χ4v) is 3.73. The zero-order valence-corrected chi connectivity index (χ0v) is 10.4. The summed E-state index contributed by atoms with van der Waals surface area (Å²) in [5, 5.41) is 0. The molecular weight excluding hydrogens is 232 g/mol. The highest BCUT2D eigenvalue weighted by Crippen LogP contribution is 2.56. The van der Waals surface area contributed by atoms with Crippen molar-refractivity contribution in [2.75, 3.05) is 14.2 Å². The number of carbonyl (C=O) groups is 2. The summed E-state index contributed by atoms with van der Waals surface area (Å²) in [7, 11) is 2.74. The average molecular weight is 248 g/mol. The van der Waals surface area contributed by atoms with Crippen molar-refractivity contribution in [3.05, 3.63) is 24.3 Å². The van der Waals surface area contributed by atoms with Gasteiger partial charge in [-0.05, 0) is 23.7 Å². The standard InChI is InChI=1S/C14H16O4/c1-17-13(15)11-9-5-6-10(8-4-3-7(8)9)12(11)14(16)18-2/h3-12H,1-2H3/t7-,8+,9+,10-,11-,12-/m0/s1. The highest BCUT2D eigenvalue weighted by atomic mass is 16.5. The number of fused-ring (bicyclic) bond motifs is 1.